The minimum absolute atomic E-state index is 0. The van der Waals surface area contributed by atoms with Gasteiger partial charge in [0.1, 0.15) is 0 Å². The van der Waals surface area contributed by atoms with Crippen LogP contribution in [0.5, 0.6) is 0 Å². The van der Waals surface area contributed by atoms with Gasteiger partial charge in [0.05, 0.1) is 11.1 Å². The van der Waals surface area contributed by atoms with Crippen molar-refractivity contribution in [3.8, 4) is 0 Å². The van der Waals surface area contributed by atoms with Crippen LogP contribution in [0.1, 0.15) is 23.7 Å². The molecule has 4 aromatic rings. The van der Waals surface area contributed by atoms with E-state index in [1.807, 2.05) is 48.1 Å². The Bertz CT molecular complexity index is 1590. The number of aromatic nitrogens is 2. The number of carbonyl (C=O) groups is 2. The number of benzene rings is 2. The summed E-state index contributed by atoms with van der Waals surface area (Å²) in [7, 11) is 1.98. The zero-order valence-corrected chi connectivity index (χ0v) is 21.3. The summed E-state index contributed by atoms with van der Waals surface area (Å²) in [5.41, 5.74) is 6.18. The average Bonchev–Trinajstić information content (AvgIpc) is 3.58. The second-order valence-corrected chi connectivity index (χ2v) is 10.2. The predicted octanol–water partition coefficient (Wildman–Crippen LogP) is 4.25. The molecule has 36 heavy (non-hydrogen) atoms. The summed E-state index contributed by atoms with van der Waals surface area (Å²) in [5.74, 6) is 0.599. The van der Waals surface area contributed by atoms with Crippen LogP contribution in [0.25, 0.3) is 33.0 Å². The quantitative estimate of drug-likeness (QED) is 0.428. The molecule has 7 rings (SSSR count). The molecule has 184 valence electrons. The first-order valence-corrected chi connectivity index (χ1v) is 12.5. The Morgan fingerprint density at radius 1 is 0.861 bits per heavy atom. The number of para-hydroxylation sites is 2. The number of aryl methyl sites for hydroxylation is 1. The van der Waals surface area contributed by atoms with Crippen molar-refractivity contribution in [3.63, 3.8) is 0 Å². The third kappa shape index (κ3) is 3.14. The molecule has 2 aromatic carbocycles. The Kier molecular flexibility index (Phi) is 5.36. The molecule has 2 amide bonds. The molecule has 7 heteroatoms. The van der Waals surface area contributed by atoms with Crippen molar-refractivity contribution < 1.29 is 9.59 Å². The Morgan fingerprint density at radius 2 is 1.53 bits per heavy atom. The molecule has 2 aromatic heterocycles. The summed E-state index contributed by atoms with van der Waals surface area (Å²) < 4.78 is 4.45. The second kappa shape index (κ2) is 8.36. The Morgan fingerprint density at radius 3 is 2.31 bits per heavy atom. The van der Waals surface area contributed by atoms with Gasteiger partial charge in [0, 0.05) is 71.5 Å². The summed E-state index contributed by atoms with van der Waals surface area (Å²) in [6.07, 6.45) is 2.91. The molecule has 2 unspecified atom stereocenters. The van der Waals surface area contributed by atoms with E-state index in [9.17, 15) is 9.59 Å². The fourth-order valence-corrected chi connectivity index (χ4v) is 6.76. The predicted molar refractivity (Wildman–Crippen MR) is 145 cm³/mol. The number of hydrogen-bond acceptors (Lipinski definition) is 3. The Hall–Kier alpha value is -3.35. The fraction of sp³-hybridized carbons (Fsp3) is 0.310. The molecule has 0 bridgehead atoms. The van der Waals surface area contributed by atoms with Crippen LogP contribution in [0.15, 0.2) is 54.7 Å². The molecule has 0 spiro atoms. The maximum atomic E-state index is 13.5. The molecule has 1 saturated heterocycles. The van der Waals surface area contributed by atoms with Crippen LogP contribution < -0.4 is 5.32 Å². The van der Waals surface area contributed by atoms with Crippen LogP contribution >= 0.6 is 12.4 Å². The number of likely N-dealkylation sites (tertiary alicyclic amines) is 1. The van der Waals surface area contributed by atoms with E-state index in [2.05, 4.69) is 39.9 Å². The topological polar surface area (TPSA) is 59.3 Å². The van der Waals surface area contributed by atoms with Crippen molar-refractivity contribution >= 4 is 57.2 Å². The SMILES string of the molecule is CCN1CC2Cc3c(C4=C(c5cn(C)c6ccccc56)C(=O)NC4=O)c4ccccc4n3CC2C1.Cl. The lowest BCUT2D eigenvalue weighted by molar-refractivity contribution is -0.122. The number of nitrogens with one attached hydrogen (secondary N) is 1. The number of imide groups is 1. The number of carbonyl (C=O) groups excluding carboxylic acids is 2. The highest BCUT2D eigenvalue weighted by molar-refractivity contribution is 6.51. The van der Waals surface area contributed by atoms with Crippen LogP contribution in [0.2, 0.25) is 0 Å². The highest BCUT2D eigenvalue weighted by Gasteiger charge is 2.41. The molecule has 5 heterocycles. The average molecular weight is 501 g/mol. The lowest BCUT2D eigenvalue weighted by atomic mass is 9.85. The maximum absolute atomic E-state index is 13.5. The van der Waals surface area contributed by atoms with Crippen LogP contribution in [0, 0.1) is 11.8 Å². The van der Waals surface area contributed by atoms with Crippen molar-refractivity contribution in [1.29, 1.82) is 0 Å². The Labute approximate surface area is 216 Å². The lowest BCUT2D eigenvalue weighted by Crippen LogP contribution is -2.28. The highest BCUT2D eigenvalue weighted by Crippen LogP contribution is 2.44. The molecule has 1 N–H and O–H groups in total. The van der Waals surface area contributed by atoms with Crippen LogP contribution in [-0.2, 0) is 29.6 Å². The molecule has 2 atom stereocenters. The molecular weight excluding hydrogens is 472 g/mol. The van der Waals surface area contributed by atoms with Gasteiger partial charge in [-0.15, -0.1) is 12.4 Å². The van der Waals surface area contributed by atoms with Gasteiger partial charge in [0.15, 0.2) is 0 Å². The number of amides is 2. The molecule has 1 fully saturated rings. The molecule has 6 nitrogen and oxygen atoms in total. The van der Waals surface area contributed by atoms with Crippen molar-refractivity contribution in [1.82, 2.24) is 19.4 Å². The van der Waals surface area contributed by atoms with E-state index >= 15 is 0 Å². The Balaban J connectivity index is 0.00000240. The molecule has 0 aliphatic carbocycles. The van der Waals surface area contributed by atoms with E-state index in [4.69, 9.17) is 0 Å². The third-order valence-electron chi connectivity index (χ3n) is 8.40. The summed E-state index contributed by atoms with van der Waals surface area (Å²) in [4.78, 5) is 29.3. The summed E-state index contributed by atoms with van der Waals surface area (Å²) in [5, 5.41) is 4.68. The fourth-order valence-electron chi connectivity index (χ4n) is 6.76. The van der Waals surface area contributed by atoms with Crippen molar-refractivity contribution in [2.45, 2.75) is 19.9 Å². The van der Waals surface area contributed by atoms with Crippen LogP contribution in [0.3, 0.4) is 0 Å². The van der Waals surface area contributed by atoms with Crippen molar-refractivity contribution in [2.75, 3.05) is 19.6 Å². The van der Waals surface area contributed by atoms with E-state index in [0.717, 1.165) is 65.5 Å². The van der Waals surface area contributed by atoms with Gasteiger partial charge in [0.25, 0.3) is 11.8 Å². The van der Waals surface area contributed by atoms with Gasteiger partial charge in [-0.1, -0.05) is 43.3 Å². The number of nitrogens with zero attached hydrogens (tertiary/aromatic N) is 3. The number of hydrogen-bond donors (Lipinski definition) is 1. The van der Waals surface area contributed by atoms with Crippen LogP contribution in [-0.4, -0.2) is 45.5 Å². The summed E-state index contributed by atoms with van der Waals surface area (Å²) >= 11 is 0. The largest absolute Gasteiger partial charge is 0.350 e. The monoisotopic (exact) mass is 500 g/mol. The van der Waals surface area contributed by atoms with Gasteiger partial charge in [-0.3, -0.25) is 14.9 Å². The minimum Gasteiger partial charge on any atom is -0.350 e. The minimum atomic E-state index is -0.308. The molecule has 0 saturated carbocycles. The van der Waals surface area contributed by atoms with Gasteiger partial charge >= 0.3 is 0 Å². The first-order valence-electron chi connectivity index (χ1n) is 12.5. The summed E-state index contributed by atoms with van der Waals surface area (Å²) in [6.45, 7) is 6.49. The van der Waals surface area contributed by atoms with Gasteiger partial charge in [-0.2, -0.15) is 0 Å². The van der Waals surface area contributed by atoms with Crippen LogP contribution in [0.4, 0.5) is 0 Å². The first kappa shape index (κ1) is 23.1. The zero-order valence-electron chi connectivity index (χ0n) is 20.5. The summed E-state index contributed by atoms with van der Waals surface area (Å²) in [6, 6.07) is 16.4. The molecule has 3 aliphatic rings. The first-order chi connectivity index (χ1) is 17.0. The lowest BCUT2D eigenvalue weighted by Gasteiger charge is -2.28. The van der Waals surface area contributed by atoms with E-state index in [0.29, 0.717) is 23.0 Å². The standard InChI is InChI=1S/C29H28N4O2.ClH/c1-3-32-13-17-12-24-25(20-9-5-7-11-23(20)33(24)15-18(17)14-32)27-26(28(34)30-29(27)35)21-16-31(2)22-10-6-4-8-19(21)22;/h4-11,16-18H,3,12-15H2,1-2H3,(H,30,34,35);1H. The number of halogens is 1. The van der Waals surface area contributed by atoms with Gasteiger partial charge in [0.2, 0.25) is 0 Å². The molecular formula is C29H29ClN4O2. The maximum Gasteiger partial charge on any atom is 0.259 e. The van der Waals surface area contributed by atoms with Gasteiger partial charge in [-0.05, 0) is 36.9 Å². The zero-order chi connectivity index (χ0) is 23.8. The third-order valence-corrected chi connectivity index (χ3v) is 8.40. The van der Waals surface area contributed by atoms with Crippen molar-refractivity contribution in [2.24, 2.45) is 18.9 Å². The van der Waals surface area contributed by atoms with Gasteiger partial charge in [-0.25, -0.2) is 0 Å². The number of fused-ring (bicyclic) bond motifs is 5. The smallest absolute Gasteiger partial charge is 0.259 e. The van der Waals surface area contributed by atoms with E-state index < -0.39 is 0 Å². The molecule has 0 radical (unpaired) electrons. The van der Waals surface area contributed by atoms with Gasteiger partial charge < -0.3 is 14.0 Å². The van der Waals surface area contributed by atoms with E-state index in [-0.39, 0.29) is 24.2 Å². The highest BCUT2D eigenvalue weighted by atomic mass is 35.5. The number of rotatable bonds is 3. The molecule has 3 aliphatic heterocycles. The van der Waals surface area contributed by atoms with Crippen molar-refractivity contribution in [3.05, 3.63) is 71.5 Å². The van der Waals surface area contributed by atoms with E-state index in [1.54, 1.807) is 0 Å². The second-order valence-electron chi connectivity index (χ2n) is 10.2. The van der Waals surface area contributed by atoms with E-state index in [1.165, 1.54) is 5.69 Å². The normalized spacial score (nSPS) is 21.7.